The molecule has 3 heterocycles. The lowest BCUT2D eigenvalue weighted by Gasteiger charge is -2.41. The number of nitrogens with two attached hydrogens (primary N) is 2. The van der Waals surface area contributed by atoms with Crippen LogP contribution in [0.4, 0.5) is 22.1 Å². The Balaban J connectivity index is 1.31. The quantitative estimate of drug-likeness (QED) is 0.295. The number of nitrogens with one attached hydrogen (secondary N) is 4. The van der Waals surface area contributed by atoms with Crippen LogP contribution in [0.25, 0.3) is 0 Å². The Morgan fingerprint density at radius 1 is 1.16 bits per heavy atom. The van der Waals surface area contributed by atoms with Crippen molar-refractivity contribution in [2.24, 2.45) is 4.99 Å². The average Bonchev–Trinajstić information content (AvgIpc) is 3.22. The molecule has 3 amide bonds. The molecule has 1 aromatic heterocycles. The number of likely N-dealkylation sites (tertiary alicyclic amines) is 1. The van der Waals surface area contributed by atoms with Crippen LogP contribution in [0.1, 0.15) is 49.0 Å². The second kappa shape index (κ2) is 10.7. The molecule has 9 N–H and O–H groups in total. The number of nitrogen functional groups attached to an aromatic ring is 2. The minimum atomic E-state index is -0.828. The monoisotopic (exact) mass is 530 g/mol. The number of urea groups is 1. The van der Waals surface area contributed by atoms with Gasteiger partial charge in [-0.2, -0.15) is 0 Å². The molecular weight excluding hydrogens is 500 g/mol. The van der Waals surface area contributed by atoms with Crippen LogP contribution < -0.4 is 32.7 Å². The number of aromatic nitrogens is 2. The van der Waals surface area contributed by atoms with Gasteiger partial charge in [0.2, 0.25) is 0 Å². The molecule has 14 heteroatoms. The molecule has 1 saturated heterocycles. The number of amides is 3. The van der Waals surface area contributed by atoms with E-state index in [0.29, 0.717) is 49.7 Å². The standard InChI is InChI=1S/C23H31ClN10O3/c1-12(2)28-22(37)29-14-5-3-4-13(10-14)20(36)34-8-6-23(7-9-34)11-27-21(33-23)32-19(35)15-17(25)31-18(26)16(24)30-15/h3-5,10,12,20,36H,6-9,11H2,1-2H3,(H4,25,26,31)(H2,28,29,37)(H2,27,32,33,35). The molecule has 13 nitrogen and oxygen atoms in total. The molecule has 0 radical (unpaired) electrons. The summed E-state index contributed by atoms with van der Waals surface area (Å²) in [7, 11) is 0. The Morgan fingerprint density at radius 3 is 2.59 bits per heavy atom. The molecule has 2 aromatic rings. The second-order valence-corrected chi connectivity index (χ2v) is 9.80. The van der Waals surface area contributed by atoms with Crippen molar-refractivity contribution in [2.75, 3.05) is 36.4 Å². The molecular formula is C23H31ClN10O3. The molecule has 0 aliphatic carbocycles. The van der Waals surface area contributed by atoms with Crippen LogP contribution in [-0.4, -0.2) is 69.1 Å². The van der Waals surface area contributed by atoms with E-state index in [0.717, 1.165) is 0 Å². The van der Waals surface area contributed by atoms with Gasteiger partial charge in [-0.05, 0) is 44.4 Å². The fourth-order valence-corrected chi connectivity index (χ4v) is 4.43. The van der Waals surface area contributed by atoms with E-state index >= 15 is 0 Å². The summed E-state index contributed by atoms with van der Waals surface area (Å²) in [5, 5.41) is 22.4. The Hall–Kier alpha value is -3.68. The molecule has 1 spiro atoms. The second-order valence-electron chi connectivity index (χ2n) is 9.45. The summed E-state index contributed by atoms with van der Waals surface area (Å²) >= 11 is 5.87. The number of guanidine groups is 1. The van der Waals surface area contributed by atoms with Crippen LogP contribution in [0.2, 0.25) is 5.15 Å². The van der Waals surface area contributed by atoms with Crippen LogP contribution >= 0.6 is 11.6 Å². The molecule has 1 unspecified atom stereocenters. The Labute approximate surface area is 219 Å². The third kappa shape index (κ3) is 6.18. The Bertz CT molecular complexity index is 1210. The number of rotatable bonds is 5. The van der Waals surface area contributed by atoms with Crippen LogP contribution in [0.5, 0.6) is 0 Å². The van der Waals surface area contributed by atoms with E-state index < -0.39 is 12.1 Å². The molecule has 0 bridgehead atoms. The summed E-state index contributed by atoms with van der Waals surface area (Å²) in [4.78, 5) is 38.7. The van der Waals surface area contributed by atoms with E-state index in [9.17, 15) is 14.7 Å². The fraction of sp³-hybridized carbons (Fsp3) is 0.435. The van der Waals surface area contributed by atoms with E-state index in [2.05, 4.69) is 36.2 Å². The number of hydrogen-bond donors (Lipinski definition) is 7. The number of aliphatic hydroxyl groups is 1. The number of benzene rings is 1. The summed E-state index contributed by atoms with van der Waals surface area (Å²) in [6, 6.07) is 6.86. The number of piperidine rings is 1. The topological polar surface area (TPSA) is 196 Å². The number of nitrogens with zero attached hydrogens (tertiary/aromatic N) is 4. The number of carbonyl (C=O) groups excluding carboxylic acids is 2. The normalized spacial score (nSPS) is 17.7. The maximum atomic E-state index is 12.6. The van der Waals surface area contributed by atoms with Gasteiger partial charge >= 0.3 is 6.03 Å². The molecule has 1 aromatic carbocycles. The zero-order valence-corrected chi connectivity index (χ0v) is 21.3. The number of aliphatic hydroxyl groups excluding tert-OH is 1. The van der Waals surface area contributed by atoms with Crippen LogP contribution in [0, 0.1) is 0 Å². The van der Waals surface area contributed by atoms with Gasteiger partial charge in [-0.25, -0.2) is 14.8 Å². The molecule has 37 heavy (non-hydrogen) atoms. The van der Waals surface area contributed by atoms with Crippen molar-refractivity contribution < 1.29 is 14.7 Å². The lowest BCUT2D eigenvalue weighted by Crippen LogP contribution is -2.56. The lowest BCUT2D eigenvalue weighted by molar-refractivity contribution is -0.0231. The smallest absolute Gasteiger partial charge is 0.319 e. The average molecular weight is 531 g/mol. The summed E-state index contributed by atoms with van der Waals surface area (Å²) < 4.78 is 0. The van der Waals surface area contributed by atoms with E-state index in [4.69, 9.17) is 23.1 Å². The van der Waals surface area contributed by atoms with Crippen molar-refractivity contribution in [1.29, 1.82) is 0 Å². The van der Waals surface area contributed by atoms with Gasteiger partial charge in [0.05, 0.1) is 12.1 Å². The van der Waals surface area contributed by atoms with Crippen molar-refractivity contribution in [3.8, 4) is 0 Å². The van der Waals surface area contributed by atoms with Crippen LogP contribution in [0.15, 0.2) is 29.3 Å². The van der Waals surface area contributed by atoms with Gasteiger partial charge in [0.25, 0.3) is 5.91 Å². The van der Waals surface area contributed by atoms with Gasteiger partial charge in [0.1, 0.15) is 6.23 Å². The minimum absolute atomic E-state index is 0.0134. The predicted molar refractivity (Wildman–Crippen MR) is 141 cm³/mol. The van der Waals surface area contributed by atoms with Crippen LogP contribution in [0.3, 0.4) is 0 Å². The fourth-order valence-electron chi connectivity index (χ4n) is 4.30. The van der Waals surface area contributed by atoms with Crippen molar-refractivity contribution >= 4 is 46.8 Å². The summed E-state index contributed by atoms with van der Waals surface area (Å²) in [5.41, 5.74) is 12.1. The zero-order chi connectivity index (χ0) is 26.7. The maximum absolute atomic E-state index is 12.6. The van der Waals surface area contributed by atoms with Crippen molar-refractivity contribution in [3.63, 3.8) is 0 Å². The van der Waals surface area contributed by atoms with Gasteiger partial charge in [0.15, 0.2) is 28.4 Å². The van der Waals surface area contributed by atoms with Gasteiger partial charge < -0.3 is 32.5 Å². The summed E-state index contributed by atoms with van der Waals surface area (Å²) in [6.45, 7) is 5.43. The largest absolute Gasteiger partial charge is 0.382 e. The van der Waals surface area contributed by atoms with Gasteiger partial charge in [0, 0.05) is 24.8 Å². The SMILES string of the molecule is CC(C)NC(=O)Nc1cccc(C(O)N2CCC3(CC2)CN=C(NC(=O)c2nc(Cl)c(N)nc2N)N3)c1. The molecule has 1 fully saturated rings. The number of hydrogen-bond acceptors (Lipinski definition) is 10. The third-order valence-corrected chi connectivity index (χ3v) is 6.52. The molecule has 198 valence electrons. The first kappa shape index (κ1) is 26.4. The highest BCUT2D eigenvalue weighted by molar-refractivity contribution is 6.31. The minimum Gasteiger partial charge on any atom is -0.382 e. The molecule has 4 rings (SSSR count). The van der Waals surface area contributed by atoms with Gasteiger partial charge in [-0.3, -0.25) is 20.0 Å². The first-order valence-electron chi connectivity index (χ1n) is 11.9. The van der Waals surface area contributed by atoms with Gasteiger partial charge in [-0.15, -0.1) is 0 Å². The highest BCUT2D eigenvalue weighted by Gasteiger charge is 2.40. The first-order valence-corrected chi connectivity index (χ1v) is 12.2. The highest BCUT2D eigenvalue weighted by Crippen LogP contribution is 2.30. The highest BCUT2D eigenvalue weighted by atomic mass is 35.5. The Kier molecular flexibility index (Phi) is 7.66. The van der Waals surface area contributed by atoms with Crippen molar-refractivity contribution in [1.82, 2.24) is 30.8 Å². The van der Waals surface area contributed by atoms with E-state index in [-0.39, 0.29) is 40.1 Å². The first-order chi connectivity index (χ1) is 17.5. The number of carbonyl (C=O) groups is 2. The van der Waals surface area contributed by atoms with E-state index in [1.165, 1.54) is 0 Å². The number of aliphatic imine (C=N–C) groups is 1. The predicted octanol–water partition coefficient (Wildman–Crippen LogP) is 1.04. The molecule has 2 aliphatic heterocycles. The third-order valence-electron chi connectivity index (χ3n) is 6.24. The zero-order valence-electron chi connectivity index (χ0n) is 20.6. The van der Waals surface area contributed by atoms with Crippen LogP contribution in [-0.2, 0) is 0 Å². The lowest BCUT2D eigenvalue weighted by atomic mass is 9.88. The summed E-state index contributed by atoms with van der Waals surface area (Å²) in [5.74, 6) is -0.473. The van der Waals surface area contributed by atoms with Gasteiger partial charge in [-0.1, -0.05) is 23.7 Å². The summed E-state index contributed by atoms with van der Waals surface area (Å²) in [6.07, 6.45) is 0.555. The van der Waals surface area contributed by atoms with Crippen molar-refractivity contribution in [3.05, 3.63) is 40.7 Å². The molecule has 2 aliphatic rings. The number of halogens is 1. The molecule has 1 atom stereocenters. The van der Waals surface area contributed by atoms with E-state index in [1.807, 2.05) is 24.8 Å². The van der Waals surface area contributed by atoms with E-state index in [1.54, 1.807) is 18.2 Å². The maximum Gasteiger partial charge on any atom is 0.319 e. The Morgan fingerprint density at radius 2 is 1.89 bits per heavy atom. The molecule has 0 saturated carbocycles. The van der Waals surface area contributed by atoms with Crippen molar-refractivity contribution in [2.45, 2.75) is 44.5 Å². The number of anilines is 3.